The van der Waals surface area contributed by atoms with Crippen molar-refractivity contribution < 1.29 is 5.11 Å². The van der Waals surface area contributed by atoms with E-state index in [-0.39, 0.29) is 17.6 Å². The quantitative estimate of drug-likeness (QED) is 0.164. The Labute approximate surface area is 312 Å². The summed E-state index contributed by atoms with van der Waals surface area (Å²) in [7, 11) is 0. The van der Waals surface area contributed by atoms with Crippen LogP contribution in [0.5, 0.6) is 5.75 Å². The molecule has 2 aromatic heterocycles. The Morgan fingerprint density at radius 1 is 0.566 bits per heavy atom. The smallest absolute Gasteiger partial charge is 0.149 e. The van der Waals surface area contributed by atoms with Crippen LogP contribution in [0.15, 0.2) is 158 Å². The lowest BCUT2D eigenvalue weighted by Gasteiger charge is -2.18. The molecule has 2 heterocycles. The van der Waals surface area contributed by atoms with Crippen LogP contribution >= 0.6 is 0 Å². The van der Waals surface area contributed by atoms with Crippen LogP contribution in [0.1, 0.15) is 61.8 Å². The number of nitrogens with zero attached hydrogens (tertiary/aromatic N) is 3. The molecule has 4 heteroatoms. The zero-order valence-corrected chi connectivity index (χ0v) is 30.7. The van der Waals surface area contributed by atoms with E-state index in [1.54, 1.807) is 0 Å². The van der Waals surface area contributed by atoms with Gasteiger partial charge in [0.05, 0.1) is 22.3 Å². The molecule has 0 atom stereocenters. The highest BCUT2D eigenvalue weighted by atomic mass is 16.3. The Balaban J connectivity index is 1.33. The molecule has 0 amide bonds. The van der Waals surface area contributed by atoms with Gasteiger partial charge in [-0.05, 0) is 112 Å². The van der Waals surface area contributed by atoms with Gasteiger partial charge in [-0.2, -0.15) is 0 Å². The van der Waals surface area contributed by atoms with Crippen molar-refractivity contribution in [2.45, 2.75) is 46.0 Å². The van der Waals surface area contributed by atoms with Gasteiger partial charge < -0.3 is 5.11 Å². The number of benzene rings is 6. The first-order chi connectivity index (χ1) is 25.8. The number of hydrogen-bond donors (Lipinski definition) is 1. The van der Waals surface area contributed by atoms with Crippen LogP contribution in [0.2, 0.25) is 0 Å². The van der Waals surface area contributed by atoms with E-state index in [1.165, 1.54) is 16.7 Å². The average molecular weight is 690 g/mol. The predicted octanol–water partition coefficient (Wildman–Crippen LogP) is 12.6. The highest BCUT2D eigenvalue weighted by molar-refractivity contribution is 5.97. The first kappa shape index (κ1) is 33.9. The van der Waals surface area contributed by atoms with Gasteiger partial charge in [-0.1, -0.05) is 125 Å². The molecule has 53 heavy (non-hydrogen) atoms. The molecule has 8 rings (SSSR count). The molecule has 0 saturated heterocycles. The van der Waals surface area contributed by atoms with E-state index in [4.69, 9.17) is 9.97 Å². The SMILES string of the molecule is CC(C)c1cc(-c2nc3c(-c4cc(-c5ccc(Cc6ccccc6)cc5)cc(-c5ccccn5)c4)cccc3n2-c2ccccc2)c(O)c(C(C)C)c1. The molecule has 0 radical (unpaired) electrons. The van der Waals surface area contributed by atoms with Gasteiger partial charge in [0.15, 0.2) is 0 Å². The second-order valence-electron chi connectivity index (χ2n) is 14.5. The molecule has 6 aromatic carbocycles. The minimum atomic E-state index is 0.151. The van der Waals surface area contributed by atoms with E-state index in [0.717, 1.165) is 73.6 Å². The van der Waals surface area contributed by atoms with Gasteiger partial charge in [0.25, 0.3) is 0 Å². The summed E-state index contributed by atoms with van der Waals surface area (Å²) < 4.78 is 2.19. The van der Waals surface area contributed by atoms with E-state index in [1.807, 2.05) is 36.5 Å². The van der Waals surface area contributed by atoms with Gasteiger partial charge in [-0.15, -0.1) is 0 Å². The van der Waals surface area contributed by atoms with Gasteiger partial charge in [0, 0.05) is 23.0 Å². The molecule has 4 nitrogen and oxygen atoms in total. The monoisotopic (exact) mass is 689 g/mol. The predicted molar refractivity (Wildman–Crippen MR) is 220 cm³/mol. The van der Waals surface area contributed by atoms with Crippen molar-refractivity contribution in [3.8, 4) is 56.3 Å². The summed E-state index contributed by atoms with van der Waals surface area (Å²) in [6, 6.07) is 53.2. The number of aromatic nitrogens is 3. The third-order valence-electron chi connectivity index (χ3n) is 10.1. The number of pyridine rings is 1. The lowest BCUT2D eigenvalue weighted by atomic mass is 9.91. The Morgan fingerprint density at radius 2 is 1.25 bits per heavy atom. The van der Waals surface area contributed by atoms with Crippen molar-refractivity contribution in [2.24, 2.45) is 0 Å². The molecule has 0 bridgehead atoms. The number of phenols is 1. The van der Waals surface area contributed by atoms with Crippen LogP contribution in [0.25, 0.3) is 61.6 Å². The van der Waals surface area contributed by atoms with E-state index in [9.17, 15) is 5.11 Å². The number of phenolic OH excluding ortho intramolecular Hbond substituents is 1. The van der Waals surface area contributed by atoms with Crippen LogP contribution in [0.3, 0.4) is 0 Å². The van der Waals surface area contributed by atoms with Crippen molar-refractivity contribution in [3.63, 3.8) is 0 Å². The normalized spacial score (nSPS) is 11.5. The summed E-state index contributed by atoms with van der Waals surface area (Å²) in [5, 5.41) is 11.9. The molecular formula is C49H43N3O. The van der Waals surface area contributed by atoms with Gasteiger partial charge in [-0.25, -0.2) is 4.98 Å². The Hall–Kier alpha value is -6.26. The Morgan fingerprint density at radius 3 is 1.94 bits per heavy atom. The zero-order valence-electron chi connectivity index (χ0n) is 30.7. The third-order valence-corrected chi connectivity index (χ3v) is 10.1. The molecule has 0 saturated carbocycles. The fourth-order valence-electron chi connectivity index (χ4n) is 7.25. The van der Waals surface area contributed by atoms with E-state index in [0.29, 0.717) is 0 Å². The summed E-state index contributed by atoms with van der Waals surface area (Å²) >= 11 is 0. The number of rotatable bonds is 9. The molecule has 0 unspecified atom stereocenters. The first-order valence-electron chi connectivity index (χ1n) is 18.5. The maximum Gasteiger partial charge on any atom is 0.149 e. The highest BCUT2D eigenvalue weighted by Crippen LogP contribution is 2.43. The Kier molecular flexibility index (Phi) is 9.20. The van der Waals surface area contributed by atoms with E-state index < -0.39 is 0 Å². The molecule has 0 spiro atoms. The molecule has 0 aliphatic heterocycles. The molecule has 0 aliphatic rings. The first-order valence-corrected chi connectivity index (χ1v) is 18.5. The molecule has 8 aromatic rings. The minimum Gasteiger partial charge on any atom is -0.507 e. The lowest BCUT2D eigenvalue weighted by Crippen LogP contribution is -2.01. The van der Waals surface area contributed by atoms with Crippen LogP contribution in [0.4, 0.5) is 0 Å². The standard InChI is InChI=1S/C49H43N3O/c1-32(2)37-30-43(33(3)4)48(53)44(31-37)49-51-47-42(18-13-20-46(47)52(49)41-16-9-6-10-17-41)39-27-38(28-40(29-39)45-19-11-12-25-50-45)36-23-21-35(22-24-36)26-34-14-7-5-8-15-34/h5-25,27-33,53H,26H2,1-4H3. The van der Waals surface area contributed by atoms with Crippen LogP contribution in [-0.2, 0) is 6.42 Å². The number of fused-ring (bicyclic) bond motifs is 1. The minimum absolute atomic E-state index is 0.151. The second-order valence-corrected chi connectivity index (χ2v) is 14.5. The topological polar surface area (TPSA) is 50.9 Å². The van der Waals surface area contributed by atoms with E-state index >= 15 is 0 Å². The fourth-order valence-corrected chi connectivity index (χ4v) is 7.25. The highest BCUT2D eigenvalue weighted by Gasteiger charge is 2.23. The number of aromatic hydroxyl groups is 1. The largest absolute Gasteiger partial charge is 0.507 e. The van der Waals surface area contributed by atoms with Gasteiger partial charge in [0.1, 0.15) is 11.6 Å². The number of para-hydroxylation sites is 2. The molecular weight excluding hydrogens is 647 g/mol. The van der Waals surface area contributed by atoms with Gasteiger partial charge >= 0.3 is 0 Å². The Bertz CT molecular complexity index is 2520. The van der Waals surface area contributed by atoms with Crippen molar-refractivity contribution in [1.29, 1.82) is 0 Å². The van der Waals surface area contributed by atoms with Crippen molar-refractivity contribution in [1.82, 2.24) is 14.5 Å². The third kappa shape index (κ3) is 6.76. The summed E-state index contributed by atoms with van der Waals surface area (Å²) in [5.74, 6) is 1.44. The van der Waals surface area contributed by atoms with E-state index in [2.05, 4.69) is 154 Å². The van der Waals surface area contributed by atoms with Gasteiger partial charge in [0.2, 0.25) is 0 Å². The molecule has 1 N–H and O–H groups in total. The number of hydrogen-bond acceptors (Lipinski definition) is 3. The second kappa shape index (κ2) is 14.4. The average Bonchev–Trinajstić information content (AvgIpc) is 3.58. The maximum atomic E-state index is 11.9. The maximum absolute atomic E-state index is 11.9. The van der Waals surface area contributed by atoms with Crippen molar-refractivity contribution >= 4 is 11.0 Å². The van der Waals surface area contributed by atoms with Crippen molar-refractivity contribution in [3.05, 3.63) is 180 Å². The molecule has 260 valence electrons. The summed E-state index contributed by atoms with van der Waals surface area (Å²) in [6.07, 6.45) is 2.74. The van der Waals surface area contributed by atoms with Gasteiger partial charge in [-0.3, -0.25) is 9.55 Å². The van der Waals surface area contributed by atoms with Crippen molar-refractivity contribution in [2.75, 3.05) is 0 Å². The summed E-state index contributed by atoms with van der Waals surface area (Å²) in [6.45, 7) is 8.65. The van der Waals surface area contributed by atoms with Crippen LogP contribution in [0, 0.1) is 0 Å². The lowest BCUT2D eigenvalue weighted by molar-refractivity contribution is 0.466. The van der Waals surface area contributed by atoms with Crippen LogP contribution in [-0.4, -0.2) is 19.6 Å². The zero-order chi connectivity index (χ0) is 36.5. The molecule has 0 fully saturated rings. The van der Waals surface area contributed by atoms with Crippen LogP contribution < -0.4 is 0 Å². The number of imidazole rings is 1. The fraction of sp³-hybridized carbons (Fsp3) is 0.143. The summed E-state index contributed by atoms with van der Waals surface area (Å²) in [4.78, 5) is 10.2. The molecule has 0 aliphatic carbocycles. The summed E-state index contributed by atoms with van der Waals surface area (Å²) in [5.41, 5.74) is 14.5.